The maximum atomic E-state index is 12.1. The first-order valence-electron chi connectivity index (χ1n) is 7.49. The van der Waals surface area contributed by atoms with Crippen LogP contribution in [0.1, 0.15) is 10.4 Å². The first-order valence-corrected chi connectivity index (χ1v) is 9.34. The lowest BCUT2D eigenvalue weighted by Crippen LogP contribution is -2.51. The van der Waals surface area contributed by atoms with Crippen molar-refractivity contribution in [2.24, 2.45) is 0 Å². The molecule has 0 spiro atoms. The van der Waals surface area contributed by atoms with Gasteiger partial charge in [0.15, 0.2) is 6.61 Å². The molecule has 1 aromatic rings. The van der Waals surface area contributed by atoms with Crippen LogP contribution in [-0.2, 0) is 19.6 Å². The van der Waals surface area contributed by atoms with Crippen LogP contribution >= 0.6 is 0 Å². The molecule has 24 heavy (non-hydrogen) atoms. The number of piperazine rings is 1. The number of hydrogen-bond donors (Lipinski definition) is 1. The first kappa shape index (κ1) is 18.2. The fourth-order valence-electron chi connectivity index (χ4n) is 2.44. The van der Waals surface area contributed by atoms with E-state index in [1.54, 1.807) is 31.3 Å². The van der Waals surface area contributed by atoms with Gasteiger partial charge in [0.05, 0.1) is 11.8 Å². The van der Waals surface area contributed by atoms with E-state index >= 15 is 0 Å². The van der Waals surface area contributed by atoms with E-state index in [0.717, 1.165) is 6.26 Å². The Morgan fingerprint density at radius 1 is 1.17 bits per heavy atom. The van der Waals surface area contributed by atoms with Crippen LogP contribution in [0.2, 0.25) is 0 Å². The van der Waals surface area contributed by atoms with Crippen molar-refractivity contribution in [1.29, 1.82) is 0 Å². The van der Waals surface area contributed by atoms with Crippen LogP contribution in [0.25, 0.3) is 0 Å². The molecule has 132 valence electrons. The highest BCUT2D eigenvalue weighted by atomic mass is 32.2. The van der Waals surface area contributed by atoms with Crippen molar-refractivity contribution in [1.82, 2.24) is 9.21 Å². The Bertz CT molecular complexity index is 712. The molecule has 1 heterocycles. The molecule has 9 heteroatoms. The van der Waals surface area contributed by atoms with Gasteiger partial charge in [0.25, 0.3) is 5.91 Å². The fourth-order valence-corrected chi connectivity index (χ4v) is 3.27. The van der Waals surface area contributed by atoms with E-state index in [4.69, 9.17) is 4.74 Å². The standard InChI is InChI=1S/C15H21N3O5S/c1-16-13-6-4-3-5-12(13)15(20)23-11-14(19)17-7-9-18(10-8-17)24(2,21)22/h3-6,16H,7-11H2,1-2H3. The Hall–Kier alpha value is -2.13. The van der Waals surface area contributed by atoms with Crippen LogP contribution in [0.3, 0.4) is 0 Å². The normalized spacial score (nSPS) is 15.8. The number of carbonyl (C=O) groups excluding carboxylic acids is 2. The zero-order valence-electron chi connectivity index (χ0n) is 13.7. The van der Waals surface area contributed by atoms with Crippen LogP contribution in [0.4, 0.5) is 5.69 Å². The molecular formula is C15H21N3O5S. The van der Waals surface area contributed by atoms with E-state index in [-0.39, 0.29) is 38.7 Å². The summed E-state index contributed by atoms with van der Waals surface area (Å²) in [6.45, 7) is 0.713. The van der Waals surface area contributed by atoms with E-state index in [1.165, 1.54) is 9.21 Å². The Labute approximate surface area is 141 Å². The van der Waals surface area contributed by atoms with E-state index < -0.39 is 16.0 Å². The number of ether oxygens (including phenoxy) is 1. The SMILES string of the molecule is CNc1ccccc1C(=O)OCC(=O)N1CCN(S(C)(=O)=O)CC1. The molecule has 8 nitrogen and oxygen atoms in total. The summed E-state index contributed by atoms with van der Waals surface area (Å²) in [6.07, 6.45) is 1.14. The molecule has 2 rings (SSSR count). The van der Waals surface area contributed by atoms with Crippen LogP contribution in [0.15, 0.2) is 24.3 Å². The van der Waals surface area contributed by atoms with Crippen molar-refractivity contribution in [3.8, 4) is 0 Å². The Morgan fingerprint density at radius 3 is 2.38 bits per heavy atom. The smallest absolute Gasteiger partial charge is 0.340 e. The maximum Gasteiger partial charge on any atom is 0.340 e. The molecule has 0 aliphatic carbocycles. The van der Waals surface area contributed by atoms with E-state index in [9.17, 15) is 18.0 Å². The van der Waals surface area contributed by atoms with Gasteiger partial charge in [-0.05, 0) is 12.1 Å². The predicted molar refractivity (Wildman–Crippen MR) is 89.3 cm³/mol. The van der Waals surface area contributed by atoms with Gasteiger partial charge in [-0.25, -0.2) is 13.2 Å². The second-order valence-electron chi connectivity index (χ2n) is 5.41. The average Bonchev–Trinajstić information content (AvgIpc) is 2.58. The summed E-state index contributed by atoms with van der Waals surface area (Å²) in [4.78, 5) is 25.7. The van der Waals surface area contributed by atoms with Crippen LogP contribution in [0, 0.1) is 0 Å². The molecule has 0 saturated carbocycles. The molecule has 1 fully saturated rings. The number of benzene rings is 1. The number of rotatable bonds is 5. The highest BCUT2D eigenvalue weighted by molar-refractivity contribution is 7.88. The second-order valence-corrected chi connectivity index (χ2v) is 7.40. The topological polar surface area (TPSA) is 96.0 Å². The summed E-state index contributed by atoms with van der Waals surface area (Å²) < 4.78 is 29.3. The number of hydrogen-bond acceptors (Lipinski definition) is 6. The number of nitrogens with one attached hydrogen (secondary N) is 1. The minimum Gasteiger partial charge on any atom is -0.452 e. The fraction of sp³-hybridized carbons (Fsp3) is 0.467. The minimum atomic E-state index is -3.24. The molecule has 1 aliphatic heterocycles. The second kappa shape index (κ2) is 7.63. The highest BCUT2D eigenvalue weighted by Gasteiger charge is 2.26. The maximum absolute atomic E-state index is 12.1. The lowest BCUT2D eigenvalue weighted by molar-refractivity contribution is -0.135. The van der Waals surface area contributed by atoms with Gasteiger partial charge in [0.2, 0.25) is 10.0 Å². The summed E-state index contributed by atoms with van der Waals surface area (Å²) in [5.41, 5.74) is 0.978. The summed E-state index contributed by atoms with van der Waals surface area (Å²) in [5.74, 6) is -0.915. The number of para-hydroxylation sites is 1. The van der Waals surface area contributed by atoms with Crippen LogP contribution < -0.4 is 5.32 Å². The minimum absolute atomic E-state index is 0.251. The molecule has 1 aromatic carbocycles. The van der Waals surface area contributed by atoms with Crippen molar-refractivity contribution >= 4 is 27.6 Å². The Balaban J connectivity index is 1.87. The van der Waals surface area contributed by atoms with Gasteiger partial charge in [0, 0.05) is 38.9 Å². The number of carbonyl (C=O) groups is 2. The molecule has 0 atom stereocenters. The van der Waals surface area contributed by atoms with Gasteiger partial charge in [-0.2, -0.15) is 4.31 Å². The van der Waals surface area contributed by atoms with Crippen LogP contribution in [-0.4, -0.2) is 75.6 Å². The summed E-state index contributed by atoms with van der Waals surface area (Å²) >= 11 is 0. The Kier molecular flexibility index (Phi) is 5.79. The zero-order valence-corrected chi connectivity index (χ0v) is 14.5. The lowest BCUT2D eigenvalue weighted by atomic mass is 10.2. The number of nitrogens with zero attached hydrogens (tertiary/aromatic N) is 2. The Morgan fingerprint density at radius 2 is 1.79 bits per heavy atom. The highest BCUT2D eigenvalue weighted by Crippen LogP contribution is 2.15. The molecule has 0 radical (unpaired) electrons. The van der Waals surface area contributed by atoms with Gasteiger partial charge in [-0.1, -0.05) is 12.1 Å². The number of amides is 1. The predicted octanol–water partition coefficient (Wildman–Crippen LogP) is -0.0111. The van der Waals surface area contributed by atoms with Gasteiger partial charge in [-0.15, -0.1) is 0 Å². The quantitative estimate of drug-likeness (QED) is 0.747. The summed E-state index contributed by atoms with van der Waals surface area (Å²) in [7, 11) is -1.55. The van der Waals surface area contributed by atoms with Crippen molar-refractivity contribution in [2.45, 2.75) is 0 Å². The third-order valence-electron chi connectivity index (χ3n) is 3.80. The third kappa shape index (κ3) is 4.45. The molecular weight excluding hydrogens is 334 g/mol. The molecule has 0 unspecified atom stereocenters. The molecule has 1 aliphatic rings. The van der Waals surface area contributed by atoms with Crippen molar-refractivity contribution in [3.63, 3.8) is 0 Å². The van der Waals surface area contributed by atoms with Crippen molar-refractivity contribution in [3.05, 3.63) is 29.8 Å². The van der Waals surface area contributed by atoms with Crippen molar-refractivity contribution < 1.29 is 22.7 Å². The molecule has 1 amide bonds. The monoisotopic (exact) mass is 355 g/mol. The largest absolute Gasteiger partial charge is 0.452 e. The van der Waals surface area contributed by atoms with Crippen LogP contribution in [0.5, 0.6) is 0 Å². The number of anilines is 1. The van der Waals surface area contributed by atoms with Gasteiger partial charge in [0.1, 0.15) is 0 Å². The van der Waals surface area contributed by atoms with E-state index in [1.807, 2.05) is 0 Å². The molecule has 0 aromatic heterocycles. The van der Waals surface area contributed by atoms with E-state index in [2.05, 4.69) is 5.32 Å². The third-order valence-corrected chi connectivity index (χ3v) is 5.11. The number of esters is 1. The zero-order chi connectivity index (χ0) is 17.7. The van der Waals surface area contributed by atoms with Gasteiger partial charge in [-0.3, -0.25) is 4.79 Å². The van der Waals surface area contributed by atoms with Gasteiger partial charge < -0.3 is 15.0 Å². The number of sulfonamides is 1. The van der Waals surface area contributed by atoms with E-state index in [0.29, 0.717) is 11.3 Å². The average molecular weight is 355 g/mol. The van der Waals surface area contributed by atoms with Gasteiger partial charge >= 0.3 is 5.97 Å². The molecule has 0 bridgehead atoms. The molecule has 1 N–H and O–H groups in total. The summed E-state index contributed by atoms with van der Waals surface area (Å²) in [5, 5.41) is 2.89. The first-order chi connectivity index (χ1) is 11.3. The lowest BCUT2D eigenvalue weighted by Gasteiger charge is -2.33. The molecule has 1 saturated heterocycles. The summed E-state index contributed by atoms with van der Waals surface area (Å²) in [6, 6.07) is 6.85. The van der Waals surface area contributed by atoms with Crippen molar-refractivity contribution in [2.75, 3.05) is 51.4 Å².